The molecule has 6 heteroatoms. The van der Waals surface area contributed by atoms with Gasteiger partial charge in [0, 0.05) is 19.5 Å². The summed E-state index contributed by atoms with van der Waals surface area (Å²) < 4.78 is 4.92. The lowest BCUT2D eigenvalue weighted by molar-refractivity contribution is -0.121. The summed E-state index contributed by atoms with van der Waals surface area (Å²) in [6.45, 7) is 0.723. The molecular weight excluding hydrogens is 222 g/mol. The van der Waals surface area contributed by atoms with Crippen LogP contribution >= 0.6 is 0 Å². The Labute approximate surface area is 96.8 Å². The van der Waals surface area contributed by atoms with Gasteiger partial charge < -0.3 is 15.5 Å². The zero-order valence-corrected chi connectivity index (χ0v) is 9.16. The van der Waals surface area contributed by atoms with E-state index in [0.717, 1.165) is 5.56 Å². The number of nitrogens with one attached hydrogen (secondary N) is 2. The van der Waals surface area contributed by atoms with E-state index in [4.69, 9.17) is 10.2 Å². The fraction of sp³-hybridized carbons (Fsp3) is 0.273. The zero-order chi connectivity index (χ0) is 12.3. The second-order valence-electron chi connectivity index (χ2n) is 3.66. The van der Waals surface area contributed by atoms with Crippen molar-refractivity contribution in [1.82, 2.24) is 10.3 Å². The predicted molar refractivity (Wildman–Crippen MR) is 62.4 cm³/mol. The monoisotopic (exact) mass is 235 g/mol. The third kappa shape index (κ3) is 2.73. The van der Waals surface area contributed by atoms with E-state index in [9.17, 15) is 9.59 Å². The fourth-order valence-electron chi connectivity index (χ4n) is 1.52. The van der Waals surface area contributed by atoms with Gasteiger partial charge in [-0.15, -0.1) is 0 Å². The van der Waals surface area contributed by atoms with Crippen LogP contribution in [-0.4, -0.2) is 17.4 Å². The first-order valence-electron chi connectivity index (χ1n) is 5.27. The highest BCUT2D eigenvalue weighted by Gasteiger charge is 2.03. The topological polar surface area (TPSA) is 101 Å². The summed E-state index contributed by atoms with van der Waals surface area (Å²) in [6.07, 6.45) is 0.307. The number of amides is 1. The molecule has 1 heterocycles. The van der Waals surface area contributed by atoms with E-state index in [1.807, 2.05) is 6.07 Å². The number of carbonyl (C=O) groups excluding carboxylic acids is 1. The van der Waals surface area contributed by atoms with E-state index < -0.39 is 5.76 Å². The van der Waals surface area contributed by atoms with Gasteiger partial charge in [0.1, 0.15) is 0 Å². The molecule has 2 aromatic rings. The van der Waals surface area contributed by atoms with Crippen molar-refractivity contribution < 1.29 is 9.21 Å². The van der Waals surface area contributed by atoms with Crippen molar-refractivity contribution >= 4 is 17.0 Å². The van der Waals surface area contributed by atoms with Crippen molar-refractivity contribution in [3.8, 4) is 0 Å². The first-order valence-corrected chi connectivity index (χ1v) is 5.27. The van der Waals surface area contributed by atoms with Crippen LogP contribution in [0, 0.1) is 0 Å². The van der Waals surface area contributed by atoms with Crippen LogP contribution in [0.15, 0.2) is 27.4 Å². The van der Waals surface area contributed by atoms with E-state index in [2.05, 4.69) is 10.3 Å². The number of carbonyl (C=O) groups is 1. The average molecular weight is 235 g/mol. The van der Waals surface area contributed by atoms with Gasteiger partial charge in [0.15, 0.2) is 5.58 Å². The number of aromatic nitrogens is 1. The Kier molecular flexibility index (Phi) is 3.24. The maximum Gasteiger partial charge on any atom is 0.417 e. The number of benzene rings is 1. The summed E-state index contributed by atoms with van der Waals surface area (Å²) in [5, 5.41) is 2.72. The summed E-state index contributed by atoms with van der Waals surface area (Å²) in [7, 11) is 0. The van der Waals surface area contributed by atoms with Crippen molar-refractivity contribution in [1.29, 1.82) is 0 Å². The molecule has 0 atom stereocenters. The molecule has 0 saturated heterocycles. The minimum absolute atomic E-state index is 0.0943. The van der Waals surface area contributed by atoms with Crippen LogP contribution in [0.25, 0.3) is 11.1 Å². The molecule has 0 bridgehead atoms. The Morgan fingerprint density at radius 2 is 2.29 bits per heavy atom. The van der Waals surface area contributed by atoms with E-state index in [-0.39, 0.29) is 5.91 Å². The Hall–Kier alpha value is -2.08. The van der Waals surface area contributed by atoms with Crippen LogP contribution < -0.4 is 16.8 Å². The molecule has 90 valence electrons. The van der Waals surface area contributed by atoms with Crippen molar-refractivity contribution in [2.24, 2.45) is 5.73 Å². The van der Waals surface area contributed by atoms with Crippen LogP contribution in [-0.2, 0) is 11.3 Å². The Morgan fingerprint density at radius 1 is 1.47 bits per heavy atom. The normalized spacial score (nSPS) is 10.6. The quantitative estimate of drug-likeness (QED) is 0.698. The number of aromatic amines is 1. The number of fused-ring (bicyclic) bond motifs is 1. The first-order chi connectivity index (χ1) is 8.19. The third-order valence-electron chi connectivity index (χ3n) is 2.35. The molecule has 1 aromatic carbocycles. The lowest BCUT2D eigenvalue weighted by atomic mass is 10.2. The lowest BCUT2D eigenvalue weighted by Crippen LogP contribution is -2.24. The number of hydrogen-bond acceptors (Lipinski definition) is 4. The van der Waals surface area contributed by atoms with Gasteiger partial charge in [-0.25, -0.2) is 4.79 Å². The Morgan fingerprint density at radius 3 is 3.06 bits per heavy atom. The number of nitrogens with two attached hydrogens (primary N) is 1. The Bertz CT molecular complexity index is 585. The summed E-state index contributed by atoms with van der Waals surface area (Å²) >= 11 is 0. The molecule has 1 aromatic heterocycles. The van der Waals surface area contributed by atoms with Crippen LogP contribution in [0.1, 0.15) is 12.0 Å². The number of oxazole rings is 1. The summed E-state index contributed by atoms with van der Waals surface area (Å²) in [5.74, 6) is -0.576. The number of hydrogen-bond donors (Lipinski definition) is 3. The molecule has 2 rings (SSSR count). The SMILES string of the molecule is NCCC(=O)NCc1ccc2[nH]c(=O)oc2c1. The van der Waals surface area contributed by atoms with Crippen LogP contribution in [0.3, 0.4) is 0 Å². The average Bonchev–Trinajstić information content (AvgIpc) is 2.66. The molecule has 0 spiro atoms. The standard InChI is InChI=1S/C11H13N3O3/c12-4-3-10(15)13-6-7-1-2-8-9(5-7)17-11(16)14-8/h1-2,5H,3-4,6,12H2,(H,13,15)(H,14,16). The highest BCUT2D eigenvalue weighted by molar-refractivity contribution is 5.76. The molecule has 4 N–H and O–H groups in total. The summed E-state index contributed by atoms with van der Waals surface area (Å²) in [6, 6.07) is 5.27. The molecule has 0 saturated carbocycles. The fourth-order valence-corrected chi connectivity index (χ4v) is 1.52. The van der Waals surface area contributed by atoms with E-state index in [1.165, 1.54) is 0 Å². The Balaban J connectivity index is 2.08. The molecule has 0 unspecified atom stereocenters. The van der Waals surface area contributed by atoms with Gasteiger partial charge in [0.05, 0.1) is 5.52 Å². The molecule has 17 heavy (non-hydrogen) atoms. The second kappa shape index (κ2) is 4.84. The number of rotatable bonds is 4. The van der Waals surface area contributed by atoms with E-state index >= 15 is 0 Å². The van der Waals surface area contributed by atoms with Gasteiger partial charge >= 0.3 is 5.76 Å². The van der Waals surface area contributed by atoms with Crippen LogP contribution in [0.4, 0.5) is 0 Å². The molecule has 0 fully saturated rings. The van der Waals surface area contributed by atoms with Crippen LogP contribution in [0.5, 0.6) is 0 Å². The maximum atomic E-state index is 11.2. The minimum atomic E-state index is -0.482. The smallest absolute Gasteiger partial charge is 0.408 e. The lowest BCUT2D eigenvalue weighted by Gasteiger charge is -2.03. The van der Waals surface area contributed by atoms with Gasteiger partial charge in [0.2, 0.25) is 5.91 Å². The predicted octanol–water partition coefficient (Wildman–Crippen LogP) is 0.0861. The van der Waals surface area contributed by atoms with E-state index in [0.29, 0.717) is 30.6 Å². The van der Waals surface area contributed by atoms with Gasteiger partial charge in [0.25, 0.3) is 0 Å². The van der Waals surface area contributed by atoms with Crippen LogP contribution in [0.2, 0.25) is 0 Å². The van der Waals surface area contributed by atoms with Gasteiger partial charge in [-0.2, -0.15) is 0 Å². The number of H-pyrrole nitrogens is 1. The molecule has 1 amide bonds. The highest BCUT2D eigenvalue weighted by atomic mass is 16.4. The van der Waals surface area contributed by atoms with Crippen molar-refractivity contribution in [2.45, 2.75) is 13.0 Å². The third-order valence-corrected chi connectivity index (χ3v) is 2.35. The van der Waals surface area contributed by atoms with Crippen molar-refractivity contribution in [2.75, 3.05) is 6.54 Å². The molecule has 0 aliphatic carbocycles. The molecule has 0 aliphatic rings. The second-order valence-corrected chi connectivity index (χ2v) is 3.66. The highest BCUT2D eigenvalue weighted by Crippen LogP contribution is 2.11. The molecule has 0 radical (unpaired) electrons. The van der Waals surface area contributed by atoms with Crippen molar-refractivity contribution in [3.63, 3.8) is 0 Å². The van der Waals surface area contributed by atoms with E-state index in [1.54, 1.807) is 12.1 Å². The largest absolute Gasteiger partial charge is 0.417 e. The maximum absolute atomic E-state index is 11.2. The minimum Gasteiger partial charge on any atom is -0.408 e. The zero-order valence-electron chi connectivity index (χ0n) is 9.16. The van der Waals surface area contributed by atoms with Crippen molar-refractivity contribution in [3.05, 3.63) is 34.3 Å². The molecule has 6 nitrogen and oxygen atoms in total. The molecular formula is C11H13N3O3. The first kappa shape index (κ1) is 11.4. The molecule has 0 aliphatic heterocycles. The van der Waals surface area contributed by atoms with Gasteiger partial charge in [-0.05, 0) is 17.7 Å². The summed E-state index contributed by atoms with van der Waals surface area (Å²) in [4.78, 5) is 24.7. The van der Waals surface area contributed by atoms with Gasteiger partial charge in [-0.3, -0.25) is 9.78 Å². The summed E-state index contributed by atoms with van der Waals surface area (Å²) in [5.41, 5.74) is 7.26. The van der Waals surface area contributed by atoms with Gasteiger partial charge in [-0.1, -0.05) is 6.07 Å².